The lowest BCUT2D eigenvalue weighted by Gasteiger charge is -2.49. The van der Waals surface area contributed by atoms with Crippen molar-refractivity contribution in [2.75, 3.05) is 20.3 Å². The van der Waals surface area contributed by atoms with Crippen molar-refractivity contribution in [1.29, 1.82) is 0 Å². The fourth-order valence-corrected chi connectivity index (χ4v) is 3.42. The average Bonchev–Trinajstić information content (AvgIpc) is 2.68. The van der Waals surface area contributed by atoms with Crippen molar-refractivity contribution in [3.8, 4) is 0 Å². The van der Waals surface area contributed by atoms with Crippen LogP contribution in [0.3, 0.4) is 0 Å². The molecule has 0 aromatic heterocycles. The highest BCUT2D eigenvalue weighted by Gasteiger charge is 2.58. The zero-order valence-electron chi connectivity index (χ0n) is 20.5. The number of alkyl carbamates (subject to hydrolysis) is 1. The predicted octanol–water partition coefficient (Wildman–Crippen LogP) is -0.209. The number of nitrogens with one attached hydrogen (secondary N) is 1. The lowest BCUT2D eigenvalue weighted by molar-refractivity contribution is -0.315. The molecule has 0 aromatic rings. The van der Waals surface area contributed by atoms with Crippen molar-refractivity contribution >= 4 is 24.0 Å². The van der Waals surface area contributed by atoms with Crippen LogP contribution < -0.4 is 5.32 Å². The molecule has 0 aliphatic carbocycles. The van der Waals surface area contributed by atoms with Crippen LogP contribution in [0.2, 0.25) is 0 Å². The van der Waals surface area contributed by atoms with Gasteiger partial charge in [-0.2, -0.15) is 0 Å². The average molecular weight is 494 g/mol. The summed E-state index contributed by atoms with van der Waals surface area (Å²) in [6.45, 7) is 7.05. The van der Waals surface area contributed by atoms with E-state index in [4.69, 9.17) is 28.4 Å². The van der Waals surface area contributed by atoms with Gasteiger partial charge < -0.3 is 44.0 Å². The Hall–Kier alpha value is -2.48. The minimum Gasteiger partial charge on any atom is -0.462 e. The molecule has 0 spiro atoms. The Balaban J connectivity index is 3.37. The van der Waals surface area contributed by atoms with Crippen LogP contribution in [0.25, 0.3) is 0 Å². The van der Waals surface area contributed by atoms with Crippen LogP contribution in [-0.2, 0) is 42.8 Å². The van der Waals surface area contributed by atoms with Crippen LogP contribution in [0.15, 0.2) is 0 Å². The first-order valence-corrected chi connectivity index (χ1v) is 10.6. The highest BCUT2D eigenvalue weighted by Crippen LogP contribution is 2.37. The number of ether oxygens (including phenoxy) is 6. The molecule has 1 rings (SSSR count). The summed E-state index contributed by atoms with van der Waals surface area (Å²) >= 11 is 0. The topological polar surface area (TPSA) is 176 Å². The molecule has 0 radical (unpaired) electrons. The third-order valence-electron chi connectivity index (χ3n) is 4.75. The highest BCUT2D eigenvalue weighted by atomic mass is 16.7. The number of aliphatic hydroxyl groups excluding tert-OH is 1. The summed E-state index contributed by atoms with van der Waals surface area (Å²) in [6, 6.07) is -1.11. The van der Waals surface area contributed by atoms with Gasteiger partial charge in [0.1, 0.15) is 17.8 Å². The van der Waals surface area contributed by atoms with Crippen molar-refractivity contribution in [2.24, 2.45) is 0 Å². The number of amides is 1. The molecule has 3 N–H and O–H groups in total. The number of rotatable bonds is 9. The van der Waals surface area contributed by atoms with Gasteiger partial charge in [0.15, 0.2) is 18.5 Å². The van der Waals surface area contributed by atoms with Crippen LogP contribution in [0.5, 0.6) is 0 Å². The molecule has 0 aromatic carbocycles. The molecule has 1 aliphatic rings. The van der Waals surface area contributed by atoms with E-state index in [1.165, 1.54) is 7.11 Å². The molecular formula is C21H35NO12. The van der Waals surface area contributed by atoms with Crippen LogP contribution in [0, 0.1) is 0 Å². The SMILES string of the molecule is CO[C@H]1O[C@H]([C@@H](CO)NC(=O)OC(C)(C)C)C[C@@](O)([C@H](COC(C)=O)OC(C)=O)[C@H]1OC(C)=O. The lowest BCUT2D eigenvalue weighted by atomic mass is 9.80. The number of esters is 3. The molecule has 0 saturated carbocycles. The molecule has 13 heteroatoms. The number of hydrogen-bond donors (Lipinski definition) is 3. The number of carbonyl (C=O) groups is 4. The second-order valence-electron chi connectivity index (χ2n) is 8.84. The van der Waals surface area contributed by atoms with E-state index >= 15 is 0 Å². The highest BCUT2D eigenvalue weighted by molar-refractivity contribution is 5.68. The normalized spacial score (nSPS) is 26.6. The molecule has 196 valence electrons. The Labute approximate surface area is 197 Å². The van der Waals surface area contributed by atoms with Gasteiger partial charge in [-0.15, -0.1) is 0 Å². The molecule has 1 aliphatic heterocycles. The maximum Gasteiger partial charge on any atom is 0.408 e. The lowest BCUT2D eigenvalue weighted by Crippen LogP contribution is -2.68. The molecule has 0 unspecified atom stereocenters. The second-order valence-corrected chi connectivity index (χ2v) is 8.84. The van der Waals surface area contributed by atoms with Gasteiger partial charge in [0.25, 0.3) is 0 Å². The summed E-state index contributed by atoms with van der Waals surface area (Å²) in [5, 5.41) is 24.1. The van der Waals surface area contributed by atoms with Gasteiger partial charge in [-0.25, -0.2) is 4.79 Å². The third kappa shape index (κ3) is 8.70. The number of methoxy groups -OCH3 is 1. The Bertz CT molecular complexity index is 736. The Kier molecular flexibility index (Phi) is 10.7. The fourth-order valence-electron chi connectivity index (χ4n) is 3.42. The van der Waals surface area contributed by atoms with Crippen molar-refractivity contribution in [2.45, 2.75) is 89.8 Å². The first-order valence-electron chi connectivity index (χ1n) is 10.6. The minimum absolute atomic E-state index is 0.426. The molecule has 13 nitrogen and oxygen atoms in total. The van der Waals surface area contributed by atoms with E-state index in [-0.39, 0.29) is 0 Å². The van der Waals surface area contributed by atoms with E-state index in [1.807, 2.05) is 0 Å². The molecule has 6 atom stereocenters. The third-order valence-corrected chi connectivity index (χ3v) is 4.75. The molecule has 1 fully saturated rings. The van der Waals surface area contributed by atoms with Gasteiger partial charge in [0.2, 0.25) is 0 Å². The largest absolute Gasteiger partial charge is 0.462 e. The van der Waals surface area contributed by atoms with Gasteiger partial charge in [0, 0.05) is 34.3 Å². The zero-order chi connectivity index (χ0) is 26.3. The predicted molar refractivity (Wildman–Crippen MR) is 113 cm³/mol. The Morgan fingerprint density at radius 2 is 1.74 bits per heavy atom. The number of hydrogen-bond acceptors (Lipinski definition) is 12. The fraction of sp³-hybridized carbons (Fsp3) is 0.810. The smallest absolute Gasteiger partial charge is 0.408 e. The standard InChI is InChI=1S/C21H35NO12/c1-11(24)30-10-16(31-12(2)25)21(28)8-15(33-18(29-7)17(21)32-13(3)26)14(9-23)22-19(27)34-20(4,5)6/h14-18,23,28H,8-10H2,1-7H3,(H,22,27)/t14-,15+,16+,17+,18+,21-/m1/s1. The van der Waals surface area contributed by atoms with Gasteiger partial charge in [-0.3, -0.25) is 14.4 Å². The van der Waals surface area contributed by atoms with Crippen LogP contribution in [0.1, 0.15) is 48.0 Å². The molecule has 34 heavy (non-hydrogen) atoms. The summed E-state index contributed by atoms with van der Waals surface area (Å²) in [5.41, 5.74) is -3.03. The summed E-state index contributed by atoms with van der Waals surface area (Å²) in [5.74, 6) is -2.32. The van der Waals surface area contributed by atoms with Gasteiger partial charge in [-0.1, -0.05) is 0 Å². The molecule has 1 heterocycles. The number of carbonyl (C=O) groups excluding carboxylic acids is 4. The van der Waals surface area contributed by atoms with E-state index in [2.05, 4.69) is 5.32 Å². The monoisotopic (exact) mass is 493 g/mol. The second kappa shape index (κ2) is 12.3. The molecule has 1 saturated heterocycles. The Morgan fingerprint density at radius 3 is 2.18 bits per heavy atom. The van der Waals surface area contributed by atoms with E-state index in [0.717, 1.165) is 20.8 Å². The van der Waals surface area contributed by atoms with Crippen molar-refractivity contribution in [3.05, 3.63) is 0 Å². The van der Waals surface area contributed by atoms with Gasteiger partial charge >= 0.3 is 24.0 Å². The summed E-state index contributed by atoms with van der Waals surface area (Å²) < 4.78 is 31.6. The van der Waals surface area contributed by atoms with Gasteiger partial charge in [0.05, 0.1) is 18.8 Å². The summed E-state index contributed by atoms with van der Waals surface area (Å²) in [7, 11) is 1.21. The summed E-state index contributed by atoms with van der Waals surface area (Å²) in [4.78, 5) is 47.2. The maximum absolute atomic E-state index is 12.3. The van der Waals surface area contributed by atoms with E-state index in [0.29, 0.717) is 0 Å². The van der Waals surface area contributed by atoms with Gasteiger partial charge in [-0.05, 0) is 20.8 Å². The molecule has 1 amide bonds. The van der Waals surface area contributed by atoms with Crippen molar-refractivity contribution < 1.29 is 57.8 Å². The first kappa shape index (κ1) is 29.6. The van der Waals surface area contributed by atoms with Crippen LogP contribution in [0.4, 0.5) is 4.79 Å². The van der Waals surface area contributed by atoms with Crippen LogP contribution in [-0.4, -0.2) is 96.4 Å². The van der Waals surface area contributed by atoms with Crippen molar-refractivity contribution in [1.82, 2.24) is 5.32 Å². The summed E-state index contributed by atoms with van der Waals surface area (Å²) in [6.07, 6.45) is -6.85. The number of aliphatic hydroxyl groups is 2. The molecule has 0 bridgehead atoms. The zero-order valence-corrected chi connectivity index (χ0v) is 20.5. The van der Waals surface area contributed by atoms with Crippen molar-refractivity contribution in [3.63, 3.8) is 0 Å². The van der Waals surface area contributed by atoms with Crippen LogP contribution >= 0.6 is 0 Å². The minimum atomic E-state index is -2.21. The molecular weight excluding hydrogens is 458 g/mol. The first-order chi connectivity index (χ1) is 15.6. The Morgan fingerprint density at radius 1 is 1.12 bits per heavy atom. The quantitative estimate of drug-likeness (QED) is 0.285. The van der Waals surface area contributed by atoms with E-state index < -0.39 is 85.5 Å². The maximum atomic E-state index is 12.3. The van der Waals surface area contributed by atoms with E-state index in [1.54, 1.807) is 20.8 Å². The van der Waals surface area contributed by atoms with E-state index in [9.17, 15) is 29.4 Å².